The molecule has 2 aromatic carbocycles. The summed E-state index contributed by atoms with van der Waals surface area (Å²) in [5.74, 6) is -2.82. The Morgan fingerprint density at radius 2 is 1.74 bits per heavy atom. The van der Waals surface area contributed by atoms with E-state index >= 15 is 0 Å². The minimum atomic E-state index is -4.11. The molecule has 0 saturated heterocycles. The molecule has 0 spiro atoms. The maximum Gasteiger partial charge on any atom is 0.265 e. The molecule has 0 N–H and O–H groups in total. The van der Waals surface area contributed by atoms with Crippen LogP contribution in [0.1, 0.15) is 12.0 Å². The van der Waals surface area contributed by atoms with Gasteiger partial charge in [0, 0.05) is 12.6 Å². The van der Waals surface area contributed by atoms with E-state index in [0.717, 1.165) is 34.6 Å². The zero-order valence-corrected chi connectivity index (χ0v) is 13.3. The minimum Gasteiger partial charge on any atom is -0.266 e. The van der Waals surface area contributed by atoms with Crippen molar-refractivity contribution in [3.8, 4) is 0 Å². The highest BCUT2D eigenvalue weighted by Gasteiger charge is 2.31. The van der Waals surface area contributed by atoms with E-state index in [4.69, 9.17) is 11.6 Å². The molecule has 2 aromatic rings. The topological polar surface area (TPSA) is 37.4 Å². The molecule has 0 aliphatic carbocycles. The molecule has 1 heterocycles. The van der Waals surface area contributed by atoms with Gasteiger partial charge in [0.15, 0.2) is 11.6 Å². The molecular weight excluding hydrogens is 351 g/mol. The van der Waals surface area contributed by atoms with Gasteiger partial charge in [-0.05, 0) is 42.7 Å². The van der Waals surface area contributed by atoms with Crippen LogP contribution >= 0.6 is 11.6 Å². The summed E-state index contributed by atoms with van der Waals surface area (Å²) in [5.41, 5.74) is 0.479. The van der Waals surface area contributed by atoms with Gasteiger partial charge in [-0.3, -0.25) is 4.31 Å². The zero-order chi connectivity index (χ0) is 16.8. The first-order valence-corrected chi connectivity index (χ1v) is 8.58. The highest BCUT2D eigenvalue weighted by Crippen LogP contribution is 2.35. The molecule has 3 rings (SSSR count). The van der Waals surface area contributed by atoms with Crippen LogP contribution in [-0.2, 0) is 16.4 Å². The summed E-state index contributed by atoms with van der Waals surface area (Å²) < 4.78 is 66.6. The number of halogens is 4. The molecular formula is C15H11ClF3NO2S. The van der Waals surface area contributed by atoms with Gasteiger partial charge in [-0.2, -0.15) is 0 Å². The van der Waals surface area contributed by atoms with Crippen LogP contribution in [0.4, 0.5) is 18.9 Å². The molecule has 0 fully saturated rings. The van der Waals surface area contributed by atoms with Gasteiger partial charge in [0.2, 0.25) is 0 Å². The normalized spacial score (nSPS) is 14.7. The second kappa shape index (κ2) is 5.72. The van der Waals surface area contributed by atoms with Gasteiger partial charge >= 0.3 is 0 Å². The van der Waals surface area contributed by atoms with Gasteiger partial charge in [-0.1, -0.05) is 11.6 Å². The Hall–Kier alpha value is -1.73. The molecule has 0 amide bonds. The monoisotopic (exact) mass is 361 g/mol. The third kappa shape index (κ3) is 2.79. The molecule has 0 bridgehead atoms. The van der Waals surface area contributed by atoms with E-state index in [1.54, 1.807) is 0 Å². The summed E-state index contributed by atoms with van der Waals surface area (Å²) in [5, 5.41) is -0.264. The van der Waals surface area contributed by atoms with E-state index in [1.165, 1.54) is 0 Å². The summed E-state index contributed by atoms with van der Waals surface area (Å²) >= 11 is 5.84. The third-order valence-corrected chi connectivity index (χ3v) is 5.96. The van der Waals surface area contributed by atoms with Crippen LogP contribution in [0.5, 0.6) is 0 Å². The number of benzene rings is 2. The van der Waals surface area contributed by atoms with Crippen molar-refractivity contribution in [3.63, 3.8) is 0 Å². The Bertz CT molecular complexity index is 887. The molecule has 0 aromatic heterocycles. The number of anilines is 1. The van der Waals surface area contributed by atoms with Crippen LogP contribution in [0.3, 0.4) is 0 Å². The first-order valence-electron chi connectivity index (χ1n) is 6.76. The van der Waals surface area contributed by atoms with E-state index in [9.17, 15) is 21.6 Å². The van der Waals surface area contributed by atoms with Gasteiger partial charge in [-0.15, -0.1) is 0 Å². The van der Waals surface area contributed by atoms with Gasteiger partial charge < -0.3 is 0 Å². The SMILES string of the molecule is O=S(=O)(c1ccc(F)cc1Cl)N1CCCc2cc(F)c(F)cc21. The second-order valence-electron chi connectivity index (χ2n) is 5.15. The third-order valence-electron chi connectivity index (χ3n) is 3.66. The maximum absolute atomic E-state index is 13.5. The molecule has 0 radical (unpaired) electrons. The highest BCUT2D eigenvalue weighted by atomic mass is 35.5. The Labute approximate surface area is 136 Å². The summed E-state index contributed by atoms with van der Waals surface area (Å²) in [6.07, 6.45) is 0.895. The molecule has 23 heavy (non-hydrogen) atoms. The van der Waals surface area contributed by atoms with Crippen LogP contribution in [-0.4, -0.2) is 15.0 Å². The number of fused-ring (bicyclic) bond motifs is 1. The highest BCUT2D eigenvalue weighted by molar-refractivity contribution is 7.93. The molecule has 3 nitrogen and oxygen atoms in total. The standard InChI is InChI=1S/C15H11ClF3NO2S/c16-11-7-10(17)3-4-15(11)23(21,22)20-5-1-2-9-6-12(18)13(19)8-14(9)20/h3-4,6-8H,1-2,5H2. The predicted molar refractivity (Wildman–Crippen MR) is 80.6 cm³/mol. The van der Waals surface area contributed by atoms with E-state index < -0.39 is 27.5 Å². The molecule has 8 heteroatoms. The van der Waals surface area contributed by atoms with E-state index in [1.807, 2.05) is 0 Å². The maximum atomic E-state index is 13.5. The van der Waals surface area contributed by atoms with Crippen molar-refractivity contribution in [1.29, 1.82) is 0 Å². The summed E-state index contributed by atoms with van der Waals surface area (Å²) in [7, 11) is -4.11. The number of nitrogens with zero attached hydrogens (tertiary/aromatic N) is 1. The minimum absolute atomic E-state index is 0.0792. The first-order chi connectivity index (χ1) is 10.8. The van der Waals surface area contributed by atoms with Crippen LogP contribution in [0, 0.1) is 17.5 Å². The molecule has 0 unspecified atom stereocenters. The van der Waals surface area contributed by atoms with Crippen molar-refractivity contribution < 1.29 is 21.6 Å². The van der Waals surface area contributed by atoms with Crippen molar-refractivity contribution in [2.75, 3.05) is 10.8 Å². The van der Waals surface area contributed by atoms with Crippen LogP contribution in [0.2, 0.25) is 5.02 Å². The summed E-state index contributed by atoms with van der Waals surface area (Å²) in [6.45, 7) is 0.105. The number of rotatable bonds is 2. The lowest BCUT2D eigenvalue weighted by molar-refractivity contribution is 0.505. The van der Waals surface area contributed by atoms with Crippen LogP contribution in [0.15, 0.2) is 35.2 Å². The van der Waals surface area contributed by atoms with Gasteiger partial charge in [-0.25, -0.2) is 21.6 Å². The van der Waals surface area contributed by atoms with E-state index in [0.29, 0.717) is 18.4 Å². The predicted octanol–water partition coefficient (Wildman–Crippen LogP) is 3.90. The molecule has 0 atom stereocenters. The largest absolute Gasteiger partial charge is 0.266 e. The molecule has 122 valence electrons. The number of hydrogen-bond donors (Lipinski definition) is 0. The fourth-order valence-electron chi connectivity index (χ4n) is 2.60. The van der Waals surface area contributed by atoms with Gasteiger partial charge in [0.1, 0.15) is 10.7 Å². The lowest BCUT2D eigenvalue weighted by Gasteiger charge is -2.30. The van der Waals surface area contributed by atoms with Crippen molar-refractivity contribution in [2.24, 2.45) is 0 Å². The van der Waals surface area contributed by atoms with E-state index in [-0.39, 0.29) is 22.2 Å². The lowest BCUT2D eigenvalue weighted by Crippen LogP contribution is -2.35. The van der Waals surface area contributed by atoms with Crippen molar-refractivity contribution >= 4 is 27.3 Å². The Morgan fingerprint density at radius 1 is 1.04 bits per heavy atom. The average Bonchev–Trinajstić information content (AvgIpc) is 2.47. The Kier molecular flexibility index (Phi) is 4.01. The molecule has 0 saturated carbocycles. The van der Waals surface area contributed by atoms with Crippen molar-refractivity contribution in [2.45, 2.75) is 17.7 Å². The van der Waals surface area contributed by atoms with Gasteiger partial charge in [0.05, 0.1) is 10.7 Å². The Morgan fingerprint density at radius 3 is 2.43 bits per heavy atom. The fraction of sp³-hybridized carbons (Fsp3) is 0.200. The average molecular weight is 362 g/mol. The lowest BCUT2D eigenvalue weighted by atomic mass is 10.0. The Balaban J connectivity index is 2.14. The van der Waals surface area contributed by atoms with Crippen LogP contribution in [0.25, 0.3) is 0 Å². The first kappa shape index (κ1) is 16.1. The number of sulfonamides is 1. The second-order valence-corrected chi connectivity index (χ2v) is 7.39. The summed E-state index contributed by atoms with van der Waals surface area (Å²) in [4.78, 5) is -0.279. The molecule has 1 aliphatic heterocycles. The molecule has 1 aliphatic rings. The quantitative estimate of drug-likeness (QED) is 0.813. The van der Waals surface area contributed by atoms with Crippen molar-refractivity contribution in [3.05, 3.63) is 58.4 Å². The van der Waals surface area contributed by atoms with Crippen molar-refractivity contribution in [1.82, 2.24) is 0 Å². The number of hydrogen-bond acceptors (Lipinski definition) is 2. The zero-order valence-electron chi connectivity index (χ0n) is 11.7. The summed E-state index contributed by atoms with van der Waals surface area (Å²) in [6, 6.07) is 4.79. The van der Waals surface area contributed by atoms with E-state index in [2.05, 4.69) is 0 Å². The smallest absolute Gasteiger partial charge is 0.265 e. The number of aryl methyl sites for hydroxylation is 1. The van der Waals surface area contributed by atoms with Gasteiger partial charge in [0.25, 0.3) is 10.0 Å². The fourth-order valence-corrected chi connectivity index (χ4v) is 4.64. The van der Waals surface area contributed by atoms with Crippen LogP contribution < -0.4 is 4.31 Å².